The van der Waals surface area contributed by atoms with E-state index in [9.17, 15) is 8.42 Å². The summed E-state index contributed by atoms with van der Waals surface area (Å²) in [6, 6.07) is 4.53. The van der Waals surface area contributed by atoms with Crippen molar-refractivity contribution < 1.29 is 8.42 Å². The molecule has 0 aliphatic heterocycles. The Bertz CT molecular complexity index is 517. The lowest BCUT2D eigenvalue weighted by Gasteiger charge is -2.05. The molecule has 0 bridgehead atoms. The van der Waals surface area contributed by atoms with Gasteiger partial charge in [-0.15, -0.1) is 0 Å². The van der Waals surface area contributed by atoms with Crippen molar-refractivity contribution in [2.75, 3.05) is 0 Å². The van der Waals surface area contributed by atoms with E-state index in [4.69, 9.17) is 27.5 Å². The van der Waals surface area contributed by atoms with Crippen molar-refractivity contribution in [3.05, 3.63) is 28.3 Å². The second kappa shape index (κ2) is 3.77. The topological polar surface area (TPSA) is 57.9 Å². The molecule has 0 saturated heterocycles. The molecule has 0 radical (unpaired) electrons. The standard InChI is InChI=1S/C8H5Cl2NO2S/c1-5-7(9)3-2-6(4-11)8(5)14(10,12)13/h2-3H,1H3. The number of benzene rings is 1. The summed E-state index contributed by atoms with van der Waals surface area (Å²) in [7, 11) is 1.25. The van der Waals surface area contributed by atoms with Crippen LogP contribution in [0.15, 0.2) is 17.0 Å². The molecule has 0 unspecified atom stereocenters. The fourth-order valence-electron chi connectivity index (χ4n) is 1.07. The van der Waals surface area contributed by atoms with Crippen molar-refractivity contribution in [1.29, 1.82) is 5.26 Å². The van der Waals surface area contributed by atoms with Crippen LogP contribution < -0.4 is 0 Å². The first-order valence-electron chi connectivity index (χ1n) is 3.52. The molecular formula is C8H5Cl2NO2S. The van der Waals surface area contributed by atoms with Gasteiger partial charge in [-0.1, -0.05) is 11.6 Å². The van der Waals surface area contributed by atoms with E-state index in [0.717, 1.165) is 0 Å². The van der Waals surface area contributed by atoms with E-state index in [1.54, 1.807) is 6.07 Å². The summed E-state index contributed by atoms with van der Waals surface area (Å²) in [6.07, 6.45) is 0. The van der Waals surface area contributed by atoms with Gasteiger partial charge in [0.2, 0.25) is 0 Å². The highest BCUT2D eigenvalue weighted by Crippen LogP contribution is 2.28. The number of hydrogen-bond donors (Lipinski definition) is 0. The van der Waals surface area contributed by atoms with Gasteiger partial charge in [0.15, 0.2) is 0 Å². The molecule has 0 amide bonds. The van der Waals surface area contributed by atoms with E-state index in [2.05, 4.69) is 0 Å². The van der Waals surface area contributed by atoms with Crippen LogP contribution in [0, 0.1) is 18.3 Å². The first-order chi connectivity index (χ1) is 6.38. The summed E-state index contributed by atoms with van der Waals surface area (Å²) >= 11 is 5.72. The normalized spacial score (nSPS) is 11.0. The van der Waals surface area contributed by atoms with Crippen molar-refractivity contribution >= 4 is 31.3 Å². The van der Waals surface area contributed by atoms with Crippen LogP contribution in [-0.4, -0.2) is 8.42 Å². The van der Waals surface area contributed by atoms with Gasteiger partial charge in [-0.05, 0) is 24.6 Å². The molecule has 74 valence electrons. The maximum atomic E-state index is 11.1. The molecule has 0 aliphatic carbocycles. The zero-order valence-electron chi connectivity index (χ0n) is 7.08. The van der Waals surface area contributed by atoms with Crippen LogP contribution in [0.4, 0.5) is 0 Å². The second-order valence-corrected chi connectivity index (χ2v) is 5.51. The van der Waals surface area contributed by atoms with Gasteiger partial charge in [-0.25, -0.2) is 8.42 Å². The van der Waals surface area contributed by atoms with Gasteiger partial charge in [0.25, 0.3) is 9.05 Å². The largest absolute Gasteiger partial charge is 0.262 e. The maximum Gasteiger partial charge on any atom is 0.262 e. The van der Waals surface area contributed by atoms with Crippen LogP contribution in [0.3, 0.4) is 0 Å². The summed E-state index contributed by atoms with van der Waals surface area (Å²) in [4.78, 5) is -0.214. The summed E-state index contributed by atoms with van der Waals surface area (Å²) in [6.45, 7) is 1.50. The van der Waals surface area contributed by atoms with Crippen molar-refractivity contribution in [3.63, 3.8) is 0 Å². The summed E-state index contributed by atoms with van der Waals surface area (Å²) < 4.78 is 22.3. The Morgan fingerprint density at radius 2 is 2.00 bits per heavy atom. The van der Waals surface area contributed by atoms with Crippen LogP contribution in [0.2, 0.25) is 5.02 Å². The fourth-order valence-corrected chi connectivity index (χ4v) is 2.73. The zero-order valence-corrected chi connectivity index (χ0v) is 9.41. The molecular weight excluding hydrogens is 245 g/mol. The third kappa shape index (κ3) is 2.01. The highest BCUT2D eigenvalue weighted by atomic mass is 35.7. The first-order valence-corrected chi connectivity index (χ1v) is 6.20. The van der Waals surface area contributed by atoms with E-state index >= 15 is 0 Å². The molecule has 0 heterocycles. The van der Waals surface area contributed by atoms with Crippen molar-refractivity contribution in [1.82, 2.24) is 0 Å². The minimum atomic E-state index is -3.93. The van der Waals surface area contributed by atoms with Gasteiger partial charge in [-0.3, -0.25) is 0 Å². The SMILES string of the molecule is Cc1c(Cl)ccc(C#N)c1S(=O)(=O)Cl. The average molecular weight is 250 g/mol. The quantitative estimate of drug-likeness (QED) is 0.719. The maximum absolute atomic E-state index is 11.1. The fraction of sp³-hybridized carbons (Fsp3) is 0.125. The van der Waals surface area contributed by atoms with Gasteiger partial charge < -0.3 is 0 Å². The molecule has 0 aromatic heterocycles. The highest BCUT2D eigenvalue weighted by molar-refractivity contribution is 8.13. The highest BCUT2D eigenvalue weighted by Gasteiger charge is 2.20. The number of halogens is 2. The number of hydrogen-bond acceptors (Lipinski definition) is 3. The lowest BCUT2D eigenvalue weighted by atomic mass is 10.1. The molecule has 1 rings (SSSR count). The van der Waals surface area contributed by atoms with Crippen LogP contribution in [0.1, 0.15) is 11.1 Å². The monoisotopic (exact) mass is 249 g/mol. The Kier molecular flexibility index (Phi) is 3.05. The Morgan fingerprint density at radius 1 is 1.43 bits per heavy atom. The molecule has 1 aromatic carbocycles. The third-order valence-corrected chi connectivity index (χ3v) is 3.59. The molecule has 0 fully saturated rings. The van der Waals surface area contributed by atoms with Crippen LogP contribution >= 0.6 is 22.3 Å². The van der Waals surface area contributed by atoms with E-state index in [1.165, 1.54) is 19.1 Å². The molecule has 6 heteroatoms. The van der Waals surface area contributed by atoms with E-state index < -0.39 is 9.05 Å². The number of rotatable bonds is 1. The Labute approximate surface area is 91.3 Å². The minimum absolute atomic E-state index is 0.00176. The predicted molar refractivity (Wildman–Crippen MR) is 53.9 cm³/mol. The number of nitrogens with zero attached hydrogens (tertiary/aromatic N) is 1. The van der Waals surface area contributed by atoms with Crippen molar-refractivity contribution in [2.24, 2.45) is 0 Å². The van der Waals surface area contributed by atoms with Gasteiger partial charge in [-0.2, -0.15) is 5.26 Å². The molecule has 0 spiro atoms. The lowest BCUT2D eigenvalue weighted by Crippen LogP contribution is -1.99. The molecule has 1 aromatic rings. The number of nitriles is 1. The van der Waals surface area contributed by atoms with E-state index in [1.807, 2.05) is 0 Å². The lowest BCUT2D eigenvalue weighted by molar-refractivity contribution is 0.609. The molecule has 0 atom stereocenters. The summed E-state index contributed by atoms with van der Waals surface area (Å²) in [5.74, 6) is 0. The van der Waals surface area contributed by atoms with Gasteiger partial charge in [0.1, 0.15) is 11.0 Å². The second-order valence-electron chi connectivity index (χ2n) is 2.60. The third-order valence-electron chi connectivity index (χ3n) is 1.70. The van der Waals surface area contributed by atoms with Crippen LogP contribution in [-0.2, 0) is 9.05 Å². The predicted octanol–water partition coefficient (Wildman–Crippen LogP) is 2.45. The molecule has 0 aliphatic rings. The minimum Gasteiger partial charge on any atom is -0.207 e. The van der Waals surface area contributed by atoms with Crippen LogP contribution in [0.25, 0.3) is 0 Å². The molecule has 3 nitrogen and oxygen atoms in total. The van der Waals surface area contributed by atoms with E-state index in [-0.39, 0.29) is 15.5 Å². The first kappa shape index (κ1) is 11.3. The molecule has 0 saturated carbocycles. The molecule has 14 heavy (non-hydrogen) atoms. The van der Waals surface area contributed by atoms with Gasteiger partial charge in [0.05, 0.1) is 5.56 Å². The Hall–Kier alpha value is -0.760. The Morgan fingerprint density at radius 3 is 2.43 bits per heavy atom. The van der Waals surface area contributed by atoms with Crippen molar-refractivity contribution in [3.8, 4) is 6.07 Å². The van der Waals surface area contributed by atoms with Crippen LogP contribution in [0.5, 0.6) is 0 Å². The van der Waals surface area contributed by atoms with Gasteiger partial charge >= 0.3 is 0 Å². The molecule has 0 N–H and O–H groups in total. The smallest absolute Gasteiger partial charge is 0.207 e. The van der Waals surface area contributed by atoms with Crippen molar-refractivity contribution in [2.45, 2.75) is 11.8 Å². The summed E-state index contributed by atoms with van der Waals surface area (Å²) in [5, 5.41) is 8.95. The average Bonchev–Trinajstić information content (AvgIpc) is 2.07. The Balaban J connectivity index is 3.72. The van der Waals surface area contributed by atoms with E-state index in [0.29, 0.717) is 5.56 Å². The van der Waals surface area contributed by atoms with Gasteiger partial charge in [0, 0.05) is 15.7 Å². The zero-order chi connectivity index (χ0) is 10.9. The summed E-state index contributed by atoms with van der Waals surface area (Å²) in [5.41, 5.74) is 0.294.